The molecule has 0 bridgehead atoms. The Morgan fingerprint density at radius 3 is 2.43 bits per heavy atom. The maximum Gasteiger partial charge on any atom is 0.264 e. The van der Waals surface area contributed by atoms with Crippen molar-refractivity contribution in [3.05, 3.63) is 0 Å². The van der Waals surface area contributed by atoms with Crippen LogP contribution in [0, 0.1) is 0 Å². The lowest BCUT2D eigenvalue weighted by molar-refractivity contribution is 0.959. The first-order chi connectivity index (χ1) is 3.31. The summed E-state index contributed by atoms with van der Waals surface area (Å²) in [6, 6.07) is 0. The Labute approximate surface area is 50.4 Å². The van der Waals surface area contributed by atoms with Crippen LogP contribution >= 0.6 is 11.5 Å². The van der Waals surface area contributed by atoms with Crippen molar-refractivity contribution < 1.29 is 0 Å². The summed E-state index contributed by atoms with van der Waals surface area (Å²) in [6.07, 6.45) is 2.27. The van der Waals surface area contributed by atoms with Crippen molar-refractivity contribution >= 4 is 17.6 Å². The second-order valence-electron chi connectivity index (χ2n) is 1.56. The van der Waals surface area contributed by atoms with Gasteiger partial charge < -0.3 is 5.32 Å². The number of nitrogens with one attached hydrogen (secondary N) is 1. The van der Waals surface area contributed by atoms with Gasteiger partial charge in [0.2, 0.25) is 0 Å². The van der Waals surface area contributed by atoms with Crippen LogP contribution in [0.3, 0.4) is 0 Å². The first kappa shape index (κ1) is 7.31. The lowest BCUT2D eigenvalue weighted by Crippen LogP contribution is -2.21. The molecule has 0 radical (unpaired) electrons. The molecule has 0 aromatic carbocycles. The van der Waals surface area contributed by atoms with Crippen molar-refractivity contribution in [2.24, 2.45) is 0 Å². The highest BCUT2D eigenvalue weighted by atomic mass is 35.5. The second kappa shape index (κ2) is 4.47. The molecule has 1 nitrogen and oxygen atoms in total. The van der Waals surface area contributed by atoms with Crippen molar-refractivity contribution in [3.8, 4) is 0 Å². The summed E-state index contributed by atoms with van der Waals surface area (Å²) in [7, 11) is 1.91. The van der Waals surface area contributed by atoms with Crippen LogP contribution in [0.1, 0.15) is 6.92 Å². The first-order valence-corrected chi connectivity index (χ1v) is 3.03. The fraction of sp³-hybridized carbons (Fsp3) is 1.00. The third-order valence-electron chi connectivity index (χ3n) is 0.869. The van der Waals surface area contributed by atoms with Gasteiger partial charge >= 0.3 is 0 Å². The minimum Gasteiger partial charge on any atom is -0.326 e. The van der Waals surface area contributed by atoms with Crippen molar-refractivity contribution in [2.75, 3.05) is 13.5 Å². The maximum absolute atomic E-state index is 5.70. The molecule has 3 heteroatoms. The number of rotatable bonds is 3. The molecule has 0 fully saturated rings. The molecule has 0 aromatic heterocycles. The molecule has 0 saturated heterocycles. The third kappa shape index (κ3) is 4.16. The molecule has 0 heterocycles. The molecule has 42 valence electrons. The van der Waals surface area contributed by atoms with Gasteiger partial charge in [0.1, 0.15) is 0 Å². The Bertz CT molecular complexity index is 42.7. The van der Waals surface area contributed by atoms with Crippen molar-refractivity contribution in [3.63, 3.8) is 0 Å². The van der Waals surface area contributed by atoms with Crippen LogP contribution < -0.4 is 5.32 Å². The van der Waals surface area contributed by atoms with Gasteiger partial charge in [0.25, 0.3) is 6.13 Å². The third-order valence-corrected chi connectivity index (χ3v) is 1.33. The summed E-state index contributed by atoms with van der Waals surface area (Å²) >= 11 is 5.70. The van der Waals surface area contributed by atoms with E-state index in [1.54, 1.807) is 0 Å². The molecule has 0 aliphatic heterocycles. The van der Waals surface area contributed by atoms with Crippen LogP contribution in [0.5, 0.6) is 0 Å². The zero-order valence-electron chi connectivity index (χ0n) is 4.87. The van der Waals surface area contributed by atoms with Gasteiger partial charge in [-0.15, -0.1) is 0 Å². The molecule has 0 unspecified atom stereocenters. The Morgan fingerprint density at radius 2 is 2.29 bits per heavy atom. The lowest BCUT2D eigenvalue weighted by Gasteiger charge is -1.96. The van der Waals surface area contributed by atoms with Crippen LogP contribution in [0.2, 0.25) is 6.32 Å². The van der Waals surface area contributed by atoms with E-state index in [9.17, 15) is 0 Å². The van der Waals surface area contributed by atoms with Crippen molar-refractivity contribution in [1.29, 1.82) is 0 Å². The minimum absolute atomic E-state index is 0.310. The van der Waals surface area contributed by atoms with Crippen LogP contribution in [0.15, 0.2) is 0 Å². The van der Waals surface area contributed by atoms with E-state index in [4.69, 9.17) is 11.5 Å². The largest absolute Gasteiger partial charge is 0.326 e. The summed E-state index contributed by atoms with van der Waals surface area (Å²) < 4.78 is 0. The average Bonchev–Trinajstić information content (AvgIpc) is 1.68. The fourth-order valence-corrected chi connectivity index (χ4v) is 0.520. The molecule has 0 saturated carbocycles. The summed E-state index contributed by atoms with van der Waals surface area (Å²) in [5, 5.41) is 2.99. The lowest BCUT2D eigenvalue weighted by atomic mass is 9.73. The molecule has 0 amide bonds. The van der Waals surface area contributed by atoms with Crippen LogP contribution in [-0.2, 0) is 0 Å². The normalized spacial score (nSPS) is 9.00. The first-order valence-electron chi connectivity index (χ1n) is 2.60. The monoisotopic (exact) mass is 119 g/mol. The van der Waals surface area contributed by atoms with E-state index in [2.05, 4.69) is 12.2 Å². The van der Waals surface area contributed by atoms with Gasteiger partial charge in [-0.25, -0.2) is 0 Å². The molecular weight excluding hydrogens is 108 g/mol. The van der Waals surface area contributed by atoms with Gasteiger partial charge in [0.15, 0.2) is 0 Å². The van der Waals surface area contributed by atoms with Crippen LogP contribution in [0.25, 0.3) is 0 Å². The number of hydrogen-bond acceptors (Lipinski definition) is 1. The van der Waals surface area contributed by atoms with Crippen molar-refractivity contribution in [1.82, 2.24) is 5.32 Å². The Balaban J connectivity index is 2.83. The predicted octanol–water partition coefficient (Wildman–Crippen LogP) is 0.995. The van der Waals surface area contributed by atoms with Crippen LogP contribution in [0.4, 0.5) is 0 Å². The highest BCUT2D eigenvalue weighted by Gasteiger charge is 2.02. The number of hydrogen-bond donors (Lipinski definition) is 1. The minimum atomic E-state index is 0.310. The Hall–Kier alpha value is 0.315. The van der Waals surface area contributed by atoms with Gasteiger partial charge in [-0.05, 0) is 13.5 Å². The zero-order valence-corrected chi connectivity index (χ0v) is 5.63. The predicted molar refractivity (Wildman–Crippen MR) is 36.0 cm³/mol. The smallest absolute Gasteiger partial charge is 0.264 e. The molecule has 1 N–H and O–H groups in total. The molecule has 0 aromatic rings. The SMILES string of the molecule is CCB(Cl)CNC. The van der Waals surface area contributed by atoms with Gasteiger partial charge in [-0.1, -0.05) is 13.2 Å². The second-order valence-corrected chi connectivity index (χ2v) is 2.18. The highest BCUT2D eigenvalue weighted by Crippen LogP contribution is 1.92. The zero-order chi connectivity index (χ0) is 5.70. The summed E-state index contributed by atoms with van der Waals surface area (Å²) in [5.41, 5.74) is 0. The van der Waals surface area contributed by atoms with Crippen molar-refractivity contribution in [2.45, 2.75) is 13.2 Å². The van der Waals surface area contributed by atoms with E-state index < -0.39 is 0 Å². The fourth-order valence-electron chi connectivity index (χ4n) is 0.366. The highest BCUT2D eigenvalue weighted by molar-refractivity contribution is 7.07. The van der Waals surface area contributed by atoms with Gasteiger partial charge in [-0.3, -0.25) is 0 Å². The maximum atomic E-state index is 5.70. The quantitative estimate of drug-likeness (QED) is 0.547. The van der Waals surface area contributed by atoms with Crippen LogP contribution in [-0.4, -0.2) is 19.6 Å². The topological polar surface area (TPSA) is 12.0 Å². The Morgan fingerprint density at radius 1 is 1.71 bits per heavy atom. The molecular formula is C4H11BClN. The molecule has 0 aliphatic rings. The molecule has 7 heavy (non-hydrogen) atoms. The molecule has 0 rings (SSSR count). The van der Waals surface area contributed by atoms with E-state index in [-0.39, 0.29) is 0 Å². The Kier molecular flexibility index (Phi) is 4.67. The van der Waals surface area contributed by atoms with E-state index in [0.717, 1.165) is 12.8 Å². The number of halogens is 1. The molecule has 0 atom stereocenters. The van der Waals surface area contributed by atoms with E-state index in [1.165, 1.54) is 0 Å². The van der Waals surface area contributed by atoms with Gasteiger partial charge in [0, 0.05) is 0 Å². The average molecular weight is 119 g/mol. The standard InChI is InChI=1S/C4H11BClN/c1-3-5(6)4-7-2/h7H,3-4H2,1-2H3. The van der Waals surface area contributed by atoms with E-state index in [0.29, 0.717) is 6.13 Å². The van der Waals surface area contributed by atoms with E-state index in [1.807, 2.05) is 7.05 Å². The van der Waals surface area contributed by atoms with E-state index >= 15 is 0 Å². The van der Waals surface area contributed by atoms with Gasteiger partial charge in [0.05, 0.1) is 0 Å². The van der Waals surface area contributed by atoms with Gasteiger partial charge in [-0.2, -0.15) is 11.5 Å². The molecule has 0 aliphatic carbocycles. The molecule has 0 spiro atoms. The summed E-state index contributed by atoms with van der Waals surface area (Å²) in [6.45, 7) is 2.08. The summed E-state index contributed by atoms with van der Waals surface area (Å²) in [5.74, 6) is 0. The summed E-state index contributed by atoms with van der Waals surface area (Å²) in [4.78, 5) is 0.